The number of nitrogens with zero attached hydrogens (tertiary/aromatic N) is 1. The van der Waals surface area contributed by atoms with Gasteiger partial charge in [0.1, 0.15) is 0 Å². The average molecular weight is 292 g/mol. The number of nitro groups is 1. The summed E-state index contributed by atoms with van der Waals surface area (Å²) in [5.41, 5.74) is 7.66. The molecule has 0 aliphatic rings. The lowest BCUT2D eigenvalue weighted by Crippen LogP contribution is -2.20. The predicted octanol–water partition coefficient (Wildman–Crippen LogP) is 3.36. The molecule has 2 rings (SSSR count). The third kappa shape index (κ3) is 3.46. The van der Waals surface area contributed by atoms with Gasteiger partial charge in [-0.15, -0.1) is 0 Å². The molecule has 2 aromatic carbocycles. The van der Waals surface area contributed by atoms with Crippen molar-refractivity contribution in [1.82, 2.24) is 0 Å². The van der Waals surface area contributed by atoms with Crippen LogP contribution in [-0.4, -0.2) is 11.5 Å². The smallest absolute Gasteiger partial charge is 0.271 e. The molecule has 104 valence electrons. The van der Waals surface area contributed by atoms with Gasteiger partial charge in [0.2, 0.25) is 0 Å². The van der Waals surface area contributed by atoms with Crippen LogP contribution in [0, 0.1) is 10.1 Å². The highest BCUT2D eigenvalue weighted by molar-refractivity contribution is 6.33. The lowest BCUT2D eigenvalue weighted by atomic mass is 10.1. The Morgan fingerprint density at radius 2 is 1.95 bits per heavy atom. The minimum absolute atomic E-state index is 0.0343. The Morgan fingerprint density at radius 3 is 2.55 bits per heavy atom. The second kappa shape index (κ2) is 6.36. The van der Waals surface area contributed by atoms with E-state index >= 15 is 0 Å². The molecule has 0 fully saturated rings. The van der Waals surface area contributed by atoms with Crippen LogP contribution in [0.2, 0.25) is 5.02 Å². The van der Waals surface area contributed by atoms with Crippen LogP contribution in [0.15, 0.2) is 48.5 Å². The van der Waals surface area contributed by atoms with Gasteiger partial charge in [-0.25, -0.2) is 0 Å². The molecule has 0 saturated carbocycles. The van der Waals surface area contributed by atoms with Gasteiger partial charge in [-0.1, -0.05) is 41.9 Å². The maximum atomic E-state index is 10.6. The molecule has 0 aliphatic heterocycles. The number of nitro benzene ring substituents is 1. The average Bonchev–Trinajstić information content (AvgIpc) is 2.46. The van der Waals surface area contributed by atoms with Crippen molar-refractivity contribution in [2.24, 2.45) is 5.73 Å². The van der Waals surface area contributed by atoms with Crippen molar-refractivity contribution in [3.05, 3.63) is 69.2 Å². The summed E-state index contributed by atoms with van der Waals surface area (Å²) in [5.74, 6) is 0. The lowest BCUT2D eigenvalue weighted by molar-refractivity contribution is -0.384. The molecule has 1 atom stereocenters. The van der Waals surface area contributed by atoms with E-state index in [4.69, 9.17) is 17.3 Å². The van der Waals surface area contributed by atoms with E-state index in [1.165, 1.54) is 12.1 Å². The van der Waals surface area contributed by atoms with E-state index in [1.807, 2.05) is 30.3 Å². The molecular formula is C14H14ClN3O2. The summed E-state index contributed by atoms with van der Waals surface area (Å²) in [6.07, 6.45) is 0. The van der Waals surface area contributed by atoms with Crippen molar-refractivity contribution in [2.45, 2.75) is 6.04 Å². The number of hydrogen-bond acceptors (Lipinski definition) is 4. The molecule has 6 heteroatoms. The van der Waals surface area contributed by atoms with Crippen molar-refractivity contribution < 1.29 is 4.92 Å². The highest BCUT2D eigenvalue weighted by atomic mass is 35.5. The number of benzene rings is 2. The minimum Gasteiger partial charge on any atom is -0.382 e. The van der Waals surface area contributed by atoms with Crippen LogP contribution < -0.4 is 11.1 Å². The van der Waals surface area contributed by atoms with Crippen molar-refractivity contribution in [3.63, 3.8) is 0 Å². The van der Waals surface area contributed by atoms with Crippen LogP contribution in [-0.2, 0) is 0 Å². The second-order valence-corrected chi connectivity index (χ2v) is 4.73. The number of hydrogen-bond donors (Lipinski definition) is 2. The first kappa shape index (κ1) is 14.3. The normalized spacial score (nSPS) is 11.9. The Bertz CT molecular complexity index is 605. The lowest BCUT2D eigenvalue weighted by Gasteiger charge is -2.14. The van der Waals surface area contributed by atoms with Gasteiger partial charge in [0.25, 0.3) is 5.69 Å². The van der Waals surface area contributed by atoms with Crippen LogP contribution in [0.5, 0.6) is 0 Å². The van der Waals surface area contributed by atoms with Gasteiger partial charge in [0.05, 0.1) is 15.6 Å². The zero-order chi connectivity index (χ0) is 14.5. The molecule has 0 saturated heterocycles. The summed E-state index contributed by atoms with van der Waals surface area (Å²) in [6.45, 7) is 0.488. The number of halogens is 1. The number of nitrogens with two attached hydrogens (primary N) is 1. The molecule has 2 aromatic rings. The van der Waals surface area contributed by atoms with E-state index in [0.717, 1.165) is 5.56 Å². The van der Waals surface area contributed by atoms with Crippen molar-refractivity contribution in [3.8, 4) is 0 Å². The number of non-ortho nitro benzene ring substituents is 1. The van der Waals surface area contributed by atoms with Crippen molar-refractivity contribution >= 4 is 23.0 Å². The fourth-order valence-corrected chi connectivity index (χ4v) is 2.04. The largest absolute Gasteiger partial charge is 0.382 e. The Hall–Kier alpha value is -2.11. The molecule has 0 aliphatic carbocycles. The second-order valence-electron chi connectivity index (χ2n) is 4.32. The summed E-state index contributed by atoms with van der Waals surface area (Å²) in [5, 5.41) is 14.0. The quantitative estimate of drug-likeness (QED) is 0.654. The van der Waals surface area contributed by atoms with E-state index in [-0.39, 0.29) is 11.7 Å². The topological polar surface area (TPSA) is 81.2 Å². The predicted molar refractivity (Wildman–Crippen MR) is 80.0 cm³/mol. The van der Waals surface area contributed by atoms with E-state index in [9.17, 15) is 10.1 Å². The van der Waals surface area contributed by atoms with Crippen LogP contribution in [0.1, 0.15) is 11.6 Å². The van der Waals surface area contributed by atoms with E-state index < -0.39 is 4.92 Å². The zero-order valence-corrected chi connectivity index (χ0v) is 11.4. The van der Waals surface area contributed by atoms with Gasteiger partial charge in [-0.3, -0.25) is 10.1 Å². The molecule has 0 bridgehead atoms. The Balaban J connectivity index is 2.02. The molecule has 5 nitrogen and oxygen atoms in total. The van der Waals surface area contributed by atoms with Gasteiger partial charge >= 0.3 is 0 Å². The Morgan fingerprint density at radius 1 is 1.25 bits per heavy atom. The van der Waals surface area contributed by atoms with Gasteiger partial charge in [0, 0.05) is 24.7 Å². The first-order valence-corrected chi connectivity index (χ1v) is 6.44. The Labute approximate surface area is 121 Å². The van der Waals surface area contributed by atoms with Crippen molar-refractivity contribution in [1.29, 1.82) is 0 Å². The maximum Gasteiger partial charge on any atom is 0.271 e. The number of nitrogens with one attached hydrogen (secondary N) is 1. The molecule has 3 N–H and O–H groups in total. The molecule has 0 amide bonds. The molecule has 1 unspecified atom stereocenters. The van der Waals surface area contributed by atoms with Gasteiger partial charge < -0.3 is 11.1 Å². The fraction of sp³-hybridized carbons (Fsp3) is 0.143. The highest BCUT2D eigenvalue weighted by Crippen LogP contribution is 2.27. The van der Waals surface area contributed by atoms with Crippen molar-refractivity contribution in [2.75, 3.05) is 11.9 Å². The molecular weight excluding hydrogens is 278 g/mol. The monoisotopic (exact) mass is 291 g/mol. The summed E-state index contributed by atoms with van der Waals surface area (Å²) in [7, 11) is 0. The third-order valence-electron chi connectivity index (χ3n) is 2.90. The van der Waals surface area contributed by atoms with Gasteiger partial charge in [-0.05, 0) is 11.6 Å². The fourth-order valence-electron chi connectivity index (χ4n) is 1.80. The van der Waals surface area contributed by atoms with Crippen LogP contribution in [0.25, 0.3) is 0 Å². The highest BCUT2D eigenvalue weighted by Gasteiger charge is 2.10. The molecule has 0 aromatic heterocycles. The number of rotatable bonds is 5. The first-order chi connectivity index (χ1) is 9.58. The summed E-state index contributed by atoms with van der Waals surface area (Å²) >= 11 is 6.00. The summed E-state index contributed by atoms with van der Waals surface area (Å²) in [6, 6.07) is 13.8. The van der Waals surface area contributed by atoms with Crippen LogP contribution in [0.3, 0.4) is 0 Å². The standard InChI is InChI=1S/C14H14ClN3O2/c15-12-8-11(18(19)20)6-7-14(12)17-9-13(16)10-4-2-1-3-5-10/h1-8,13,17H,9,16H2. The SMILES string of the molecule is NC(CNc1ccc([N+](=O)[O-])cc1Cl)c1ccccc1. The molecule has 0 spiro atoms. The van der Waals surface area contributed by atoms with E-state index in [2.05, 4.69) is 5.32 Å². The molecule has 20 heavy (non-hydrogen) atoms. The van der Waals surface area contributed by atoms with Crippen LogP contribution in [0.4, 0.5) is 11.4 Å². The molecule has 0 radical (unpaired) electrons. The minimum atomic E-state index is -0.481. The number of anilines is 1. The van der Waals surface area contributed by atoms with Gasteiger partial charge in [0.15, 0.2) is 0 Å². The third-order valence-corrected chi connectivity index (χ3v) is 3.22. The van der Waals surface area contributed by atoms with E-state index in [0.29, 0.717) is 17.3 Å². The first-order valence-electron chi connectivity index (χ1n) is 6.06. The molecule has 0 heterocycles. The maximum absolute atomic E-state index is 10.6. The summed E-state index contributed by atoms with van der Waals surface area (Å²) < 4.78 is 0. The van der Waals surface area contributed by atoms with Crippen LogP contribution >= 0.6 is 11.6 Å². The van der Waals surface area contributed by atoms with Gasteiger partial charge in [-0.2, -0.15) is 0 Å². The summed E-state index contributed by atoms with van der Waals surface area (Å²) in [4.78, 5) is 10.1. The Kier molecular flexibility index (Phi) is 4.55. The van der Waals surface area contributed by atoms with E-state index in [1.54, 1.807) is 6.07 Å². The zero-order valence-electron chi connectivity index (χ0n) is 10.6.